The molecule has 0 radical (unpaired) electrons. The maximum atomic E-state index is 8.89. The SMILES string of the molecule is CC(=O)[O-].CC(=O)[O-].C[CH2][Al+][CH2]C.[Na+]. The van der Waals surface area contributed by atoms with E-state index in [1.54, 1.807) is 0 Å². The zero-order chi connectivity index (χ0) is 11.3. The van der Waals surface area contributed by atoms with Gasteiger partial charge in [-0.05, 0) is 13.8 Å². The molecular weight excluding hydrogens is 210 g/mol. The van der Waals surface area contributed by atoms with Crippen LogP contribution in [0.25, 0.3) is 0 Å². The molecule has 0 aromatic rings. The number of carbonyl (C=O) groups excluding carboxylic acids is 2. The molecule has 0 unspecified atom stereocenters. The minimum Gasteiger partial charge on any atom is 1.00 e. The summed E-state index contributed by atoms with van der Waals surface area (Å²) in [6.07, 6.45) is 0. The van der Waals surface area contributed by atoms with E-state index in [0.29, 0.717) is 0 Å². The van der Waals surface area contributed by atoms with Crippen molar-refractivity contribution in [2.45, 2.75) is 38.3 Å². The van der Waals surface area contributed by atoms with E-state index in [2.05, 4.69) is 13.8 Å². The summed E-state index contributed by atoms with van der Waals surface area (Å²) in [6.45, 7) is 6.44. The molecule has 0 rings (SSSR count). The number of carbonyl (C=O) groups is 2. The van der Waals surface area contributed by atoms with E-state index in [9.17, 15) is 0 Å². The molecule has 0 bridgehead atoms. The van der Waals surface area contributed by atoms with Crippen molar-refractivity contribution < 1.29 is 49.4 Å². The van der Waals surface area contributed by atoms with Crippen molar-refractivity contribution in [1.29, 1.82) is 0 Å². The van der Waals surface area contributed by atoms with E-state index in [1.807, 2.05) is 0 Å². The Morgan fingerprint density at radius 3 is 1.14 bits per heavy atom. The van der Waals surface area contributed by atoms with Crippen LogP contribution < -0.4 is 39.8 Å². The van der Waals surface area contributed by atoms with E-state index < -0.39 is 11.9 Å². The molecule has 0 spiro atoms. The van der Waals surface area contributed by atoms with Gasteiger partial charge in [0.1, 0.15) is 0 Å². The Morgan fingerprint density at radius 1 is 1.00 bits per heavy atom. The number of carboxylic acids is 2. The quantitative estimate of drug-likeness (QED) is 0.450. The van der Waals surface area contributed by atoms with Crippen LogP contribution in [0, 0.1) is 0 Å². The molecule has 4 nitrogen and oxygen atoms in total. The minimum absolute atomic E-state index is 0. The third-order valence-electron chi connectivity index (χ3n) is 0.577. The maximum Gasteiger partial charge on any atom is 1.00 e. The number of carboxylic acid groups (broad SMARTS) is 2. The van der Waals surface area contributed by atoms with Gasteiger partial charge in [-0.15, -0.1) is 0 Å². The van der Waals surface area contributed by atoms with Gasteiger partial charge in [-0.1, -0.05) is 0 Å². The van der Waals surface area contributed by atoms with Gasteiger partial charge in [-0.2, -0.15) is 0 Å². The molecule has 0 aromatic heterocycles. The van der Waals surface area contributed by atoms with E-state index in [1.165, 1.54) is 10.6 Å². The molecule has 0 amide bonds. The Bertz CT molecular complexity index is 109. The summed E-state index contributed by atoms with van der Waals surface area (Å²) in [5, 5.41) is 20.6. The third-order valence-corrected chi connectivity index (χ3v) is 1.73. The smallest absolute Gasteiger partial charge is 1.00 e. The average molecular weight is 226 g/mol. The van der Waals surface area contributed by atoms with Gasteiger partial charge < -0.3 is 19.8 Å². The van der Waals surface area contributed by atoms with Crippen LogP contribution in [0.4, 0.5) is 0 Å². The van der Waals surface area contributed by atoms with Gasteiger partial charge >= 0.3 is 69.2 Å². The van der Waals surface area contributed by atoms with E-state index in [4.69, 9.17) is 19.8 Å². The third kappa shape index (κ3) is 269. The van der Waals surface area contributed by atoms with Crippen molar-refractivity contribution in [3.63, 3.8) is 0 Å². The van der Waals surface area contributed by atoms with E-state index in [0.717, 1.165) is 29.1 Å². The molecule has 0 aromatic carbocycles. The Hall–Kier alpha value is 0.472. The van der Waals surface area contributed by atoms with Gasteiger partial charge in [0, 0.05) is 11.9 Å². The molecule has 0 heterocycles. The standard InChI is InChI=1S/2C2H4O2.2C2H5.Al.Na/c2*1-2(3)4;2*1-2;;/h2*1H3,(H,3,4);2*1H2,2H3;;/q;;;;2*+1/p-2. The predicted molar refractivity (Wildman–Crippen MR) is 48.1 cm³/mol. The molecule has 0 aliphatic heterocycles. The first kappa shape index (κ1) is 24.0. The fourth-order valence-corrected chi connectivity index (χ4v) is 0.866. The monoisotopic (exact) mass is 226 g/mol. The summed E-state index contributed by atoms with van der Waals surface area (Å²) in [5.74, 6) is -2.17. The summed E-state index contributed by atoms with van der Waals surface area (Å²) >= 11 is 0.815. The zero-order valence-corrected chi connectivity index (χ0v) is 12.8. The second-order valence-electron chi connectivity index (χ2n) is 2.09. The minimum atomic E-state index is -1.08. The number of hydrogen-bond donors (Lipinski definition) is 0. The normalized spacial score (nSPS) is 6.00. The van der Waals surface area contributed by atoms with E-state index >= 15 is 0 Å². The molecule has 0 atom stereocenters. The van der Waals surface area contributed by atoms with Gasteiger partial charge in [0.05, 0.1) is 0 Å². The number of hydrogen-bond acceptors (Lipinski definition) is 4. The van der Waals surface area contributed by atoms with Gasteiger partial charge in [-0.3, -0.25) is 0 Å². The van der Waals surface area contributed by atoms with Crippen LogP contribution in [0.2, 0.25) is 10.6 Å². The van der Waals surface area contributed by atoms with E-state index in [-0.39, 0.29) is 29.6 Å². The van der Waals surface area contributed by atoms with Crippen LogP contribution in [0.1, 0.15) is 27.7 Å². The van der Waals surface area contributed by atoms with Crippen LogP contribution in [0.15, 0.2) is 0 Å². The van der Waals surface area contributed by atoms with Crippen molar-refractivity contribution in [3.8, 4) is 0 Å². The fourth-order valence-electron chi connectivity index (χ4n) is 0.289. The molecule has 14 heavy (non-hydrogen) atoms. The molecule has 0 saturated carbocycles. The second kappa shape index (κ2) is 23.4. The van der Waals surface area contributed by atoms with Crippen molar-refractivity contribution >= 4 is 27.2 Å². The predicted octanol–water partition coefficient (Wildman–Crippen LogP) is -3.92. The Labute approximate surface area is 114 Å². The summed E-state index contributed by atoms with van der Waals surface area (Å²) < 4.78 is 0. The molecule has 0 saturated heterocycles. The van der Waals surface area contributed by atoms with Gasteiger partial charge in [0.25, 0.3) is 0 Å². The van der Waals surface area contributed by atoms with Crippen LogP contribution in [0.5, 0.6) is 0 Å². The van der Waals surface area contributed by atoms with Crippen LogP contribution in [-0.2, 0) is 9.59 Å². The molecule has 0 aliphatic carbocycles. The van der Waals surface area contributed by atoms with Gasteiger partial charge in [-0.25, -0.2) is 0 Å². The second-order valence-corrected chi connectivity index (χ2v) is 4.30. The van der Waals surface area contributed by atoms with Crippen molar-refractivity contribution in [2.75, 3.05) is 0 Å². The number of rotatable bonds is 2. The summed E-state index contributed by atoms with van der Waals surface area (Å²) in [7, 11) is 0. The van der Waals surface area contributed by atoms with Crippen LogP contribution in [-0.4, -0.2) is 27.2 Å². The Kier molecular flexibility index (Phi) is 40.0. The Morgan fingerprint density at radius 2 is 1.14 bits per heavy atom. The largest absolute Gasteiger partial charge is 1.00 e. The van der Waals surface area contributed by atoms with Crippen LogP contribution >= 0.6 is 0 Å². The first-order chi connectivity index (χ1) is 5.88. The first-order valence-electron chi connectivity index (χ1n) is 4.05. The molecule has 0 aliphatic rings. The fraction of sp³-hybridized carbons (Fsp3) is 0.750. The molecule has 6 heteroatoms. The summed E-state index contributed by atoms with van der Waals surface area (Å²) in [6, 6.07) is 0. The van der Waals surface area contributed by atoms with Crippen molar-refractivity contribution in [3.05, 3.63) is 0 Å². The average Bonchev–Trinajstić information content (AvgIpc) is 1.86. The summed E-state index contributed by atoms with van der Waals surface area (Å²) in [4.78, 5) is 17.8. The Balaban J connectivity index is -0.0000000522. The topological polar surface area (TPSA) is 80.3 Å². The summed E-state index contributed by atoms with van der Waals surface area (Å²) in [5.41, 5.74) is 0. The molecule has 76 valence electrons. The first-order valence-corrected chi connectivity index (χ1v) is 5.68. The van der Waals surface area contributed by atoms with Gasteiger partial charge in [0.2, 0.25) is 0 Å². The maximum absolute atomic E-state index is 8.89. The molecular formula is C8H16AlNaO4. The van der Waals surface area contributed by atoms with Crippen molar-refractivity contribution in [1.82, 2.24) is 0 Å². The molecule has 0 fully saturated rings. The number of aliphatic carboxylic acids is 2. The van der Waals surface area contributed by atoms with Crippen molar-refractivity contribution in [2.24, 2.45) is 0 Å². The van der Waals surface area contributed by atoms with Gasteiger partial charge in [0.15, 0.2) is 0 Å². The molecule has 0 N–H and O–H groups in total. The zero-order valence-electron chi connectivity index (χ0n) is 9.62. The van der Waals surface area contributed by atoms with Crippen LogP contribution in [0.3, 0.4) is 0 Å².